The van der Waals surface area contributed by atoms with Gasteiger partial charge in [-0.2, -0.15) is 0 Å². The molecule has 1 aliphatic heterocycles. The molecular formula is C21H16ClN3O3S. The van der Waals surface area contributed by atoms with E-state index in [1.54, 1.807) is 30.3 Å². The van der Waals surface area contributed by atoms with Gasteiger partial charge in [0.2, 0.25) is 11.8 Å². The van der Waals surface area contributed by atoms with E-state index in [0.717, 1.165) is 38.4 Å². The second-order valence-electron chi connectivity index (χ2n) is 6.47. The molecule has 29 heavy (non-hydrogen) atoms. The maximum absolute atomic E-state index is 12.4. The number of carbonyl (C=O) groups is 1. The van der Waals surface area contributed by atoms with E-state index < -0.39 is 10.8 Å². The fourth-order valence-electron chi connectivity index (χ4n) is 3.11. The van der Waals surface area contributed by atoms with E-state index in [2.05, 4.69) is 10.3 Å². The van der Waals surface area contributed by atoms with E-state index in [0.29, 0.717) is 15.6 Å². The number of nitrogens with one attached hydrogen (secondary N) is 1. The summed E-state index contributed by atoms with van der Waals surface area (Å²) in [5, 5.41) is 13.7. The van der Waals surface area contributed by atoms with Gasteiger partial charge in [0.15, 0.2) is 0 Å². The molecule has 8 heteroatoms. The molecule has 0 saturated heterocycles. The summed E-state index contributed by atoms with van der Waals surface area (Å²) in [6, 6.07) is 14.4. The Balaban J connectivity index is 1.60. The maximum Gasteiger partial charge on any atom is 0.311 e. The molecule has 0 bridgehead atoms. The van der Waals surface area contributed by atoms with Crippen LogP contribution in [-0.4, -0.2) is 21.3 Å². The van der Waals surface area contributed by atoms with Crippen LogP contribution < -0.4 is 10.2 Å². The molecule has 2 N–H and O–H groups in total. The zero-order valence-corrected chi connectivity index (χ0v) is 16.9. The largest absolute Gasteiger partial charge is 0.493 e. The van der Waals surface area contributed by atoms with Crippen LogP contribution in [-0.2, 0) is 11.3 Å². The number of carbonyl (C=O) groups excluding carboxylic acids is 1. The van der Waals surface area contributed by atoms with Crippen LogP contribution in [0, 0.1) is 0 Å². The van der Waals surface area contributed by atoms with Crippen molar-refractivity contribution in [3.63, 3.8) is 0 Å². The molecule has 1 aromatic heterocycles. The van der Waals surface area contributed by atoms with Crippen LogP contribution in [0.25, 0.3) is 11.6 Å². The molecule has 146 valence electrons. The third-order valence-electron chi connectivity index (χ3n) is 4.45. The standard InChI is InChI=1S/C21H16ClN3O3S/c1-12-16(15-7-2-3-8-17(15)23-12)10-18-20(27)25(21(28)29-18)11-19(26)24-14-6-4-5-13(22)9-14/h2-10,27H,11H2,1H3,(H,24,26)/b16-10+. The Morgan fingerprint density at radius 2 is 2.07 bits per heavy atom. The number of para-hydroxylation sites is 1. The number of hydrogen-bond acceptors (Lipinski definition) is 5. The molecule has 0 unspecified atom stereocenters. The molecule has 2 aromatic carbocycles. The number of aliphatic imine (C=N–C) groups is 1. The fourth-order valence-corrected chi connectivity index (χ4v) is 4.12. The summed E-state index contributed by atoms with van der Waals surface area (Å²) < 4.78 is 1.05. The summed E-state index contributed by atoms with van der Waals surface area (Å²) in [5.74, 6) is -0.684. The highest BCUT2D eigenvalue weighted by molar-refractivity contribution is 7.10. The SMILES string of the molecule is CC1=Nc2ccccc2/C1=C/c1sc(=O)n(CC(=O)Nc2cccc(Cl)c2)c1O. The van der Waals surface area contributed by atoms with Gasteiger partial charge in [-0.05, 0) is 37.3 Å². The van der Waals surface area contributed by atoms with Gasteiger partial charge in [-0.15, -0.1) is 0 Å². The predicted molar refractivity (Wildman–Crippen MR) is 117 cm³/mol. The van der Waals surface area contributed by atoms with Crippen molar-refractivity contribution in [1.82, 2.24) is 4.57 Å². The van der Waals surface area contributed by atoms with Gasteiger partial charge in [-0.3, -0.25) is 19.1 Å². The fraction of sp³-hybridized carbons (Fsp3) is 0.0952. The van der Waals surface area contributed by atoms with Crippen LogP contribution in [0.4, 0.5) is 11.4 Å². The van der Waals surface area contributed by atoms with Gasteiger partial charge in [0.05, 0.1) is 10.6 Å². The molecule has 1 amide bonds. The lowest BCUT2D eigenvalue weighted by Gasteiger charge is -2.07. The number of halogens is 1. The number of allylic oxidation sites excluding steroid dienone is 1. The average Bonchev–Trinajstić information content (AvgIpc) is 3.13. The van der Waals surface area contributed by atoms with Gasteiger partial charge in [-0.1, -0.05) is 47.2 Å². The van der Waals surface area contributed by atoms with Gasteiger partial charge in [0, 0.05) is 27.6 Å². The van der Waals surface area contributed by atoms with Crippen molar-refractivity contribution in [1.29, 1.82) is 0 Å². The minimum Gasteiger partial charge on any atom is -0.493 e. The topological polar surface area (TPSA) is 83.7 Å². The average molecular weight is 426 g/mol. The Morgan fingerprint density at radius 1 is 1.28 bits per heavy atom. The lowest BCUT2D eigenvalue weighted by Crippen LogP contribution is -2.24. The highest BCUT2D eigenvalue weighted by Gasteiger charge is 2.20. The Hall–Kier alpha value is -3.16. The van der Waals surface area contributed by atoms with Crippen LogP contribution in [0.2, 0.25) is 5.02 Å². The Bertz CT molecular complexity index is 1240. The summed E-state index contributed by atoms with van der Waals surface area (Å²) in [4.78, 5) is 29.1. The first-order valence-corrected chi connectivity index (χ1v) is 9.96. The van der Waals surface area contributed by atoms with Gasteiger partial charge < -0.3 is 10.4 Å². The highest BCUT2D eigenvalue weighted by atomic mass is 35.5. The molecule has 0 atom stereocenters. The highest BCUT2D eigenvalue weighted by Crippen LogP contribution is 2.37. The molecule has 6 nitrogen and oxygen atoms in total. The molecule has 0 saturated carbocycles. The molecule has 3 aromatic rings. The summed E-state index contributed by atoms with van der Waals surface area (Å²) in [7, 11) is 0. The van der Waals surface area contributed by atoms with Gasteiger partial charge in [0.1, 0.15) is 6.54 Å². The van der Waals surface area contributed by atoms with Gasteiger partial charge >= 0.3 is 4.87 Å². The minimum absolute atomic E-state index is 0.245. The Morgan fingerprint density at radius 3 is 2.86 bits per heavy atom. The number of rotatable bonds is 4. The van der Waals surface area contributed by atoms with E-state index in [4.69, 9.17) is 11.6 Å². The lowest BCUT2D eigenvalue weighted by atomic mass is 10.0. The number of amides is 1. The number of aromatic nitrogens is 1. The molecule has 2 heterocycles. The third-order valence-corrected chi connectivity index (χ3v) is 5.60. The van der Waals surface area contributed by atoms with Crippen molar-refractivity contribution in [2.45, 2.75) is 13.5 Å². The van der Waals surface area contributed by atoms with Crippen molar-refractivity contribution >= 4 is 57.6 Å². The minimum atomic E-state index is -0.439. The lowest BCUT2D eigenvalue weighted by molar-refractivity contribution is -0.116. The summed E-state index contributed by atoms with van der Waals surface area (Å²) >= 11 is 6.79. The Kier molecular flexibility index (Phi) is 5.08. The second-order valence-corrected chi connectivity index (χ2v) is 7.90. The van der Waals surface area contributed by atoms with Crippen molar-refractivity contribution < 1.29 is 9.90 Å². The number of anilines is 1. The first kappa shape index (κ1) is 19.2. The van der Waals surface area contributed by atoms with E-state index >= 15 is 0 Å². The second kappa shape index (κ2) is 7.69. The number of thiazole rings is 1. The number of hydrogen-bond donors (Lipinski definition) is 2. The van der Waals surface area contributed by atoms with Crippen molar-refractivity contribution in [3.8, 4) is 5.88 Å². The van der Waals surface area contributed by atoms with Crippen LogP contribution in [0.15, 0.2) is 58.3 Å². The van der Waals surface area contributed by atoms with Crippen LogP contribution in [0.1, 0.15) is 17.4 Å². The normalized spacial score (nSPS) is 14.0. The number of fused-ring (bicyclic) bond motifs is 1. The monoisotopic (exact) mass is 425 g/mol. The zero-order valence-electron chi connectivity index (χ0n) is 15.3. The van der Waals surface area contributed by atoms with Gasteiger partial charge in [-0.25, -0.2) is 0 Å². The molecule has 1 aliphatic rings. The van der Waals surface area contributed by atoms with Crippen LogP contribution in [0.3, 0.4) is 0 Å². The van der Waals surface area contributed by atoms with Crippen molar-refractivity contribution in [2.75, 3.05) is 5.32 Å². The summed E-state index contributed by atoms with van der Waals surface area (Å²) in [5.41, 5.74) is 3.95. The van der Waals surface area contributed by atoms with Crippen molar-refractivity contribution in [3.05, 3.63) is 73.7 Å². The van der Waals surface area contributed by atoms with Crippen LogP contribution >= 0.6 is 22.9 Å². The third kappa shape index (κ3) is 3.87. The summed E-state index contributed by atoms with van der Waals surface area (Å²) in [6.45, 7) is 1.57. The molecule has 4 rings (SSSR count). The maximum atomic E-state index is 12.4. The van der Waals surface area contributed by atoms with E-state index in [9.17, 15) is 14.7 Å². The smallest absolute Gasteiger partial charge is 0.311 e. The molecule has 0 fully saturated rings. The quantitative estimate of drug-likeness (QED) is 0.643. The first-order valence-electron chi connectivity index (χ1n) is 8.77. The van der Waals surface area contributed by atoms with Crippen LogP contribution in [0.5, 0.6) is 5.88 Å². The van der Waals surface area contributed by atoms with Gasteiger partial charge in [0.25, 0.3) is 0 Å². The van der Waals surface area contributed by atoms with E-state index in [1.807, 2.05) is 31.2 Å². The van der Waals surface area contributed by atoms with E-state index in [1.165, 1.54) is 0 Å². The molecule has 0 aliphatic carbocycles. The van der Waals surface area contributed by atoms with Crippen molar-refractivity contribution in [2.24, 2.45) is 4.99 Å². The van der Waals surface area contributed by atoms with E-state index in [-0.39, 0.29) is 12.4 Å². The Labute approximate surface area is 175 Å². The molecular weight excluding hydrogens is 410 g/mol. The number of aromatic hydroxyl groups is 1. The summed E-state index contributed by atoms with van der Waals surface area (Å²) in [6.07, 6.45) is 1.73. The molecule has 0 spiro atoms. The number of nitrogens with zero attached hydrogens (tertiary/aromatic N) is 2. The number of benzene rings is 2. The zero-order chi connectivity index (χ0) is 20.5. The first-order chi connectivity index (χ1) is 13.9. The predicted octanol–water partition coefficient (Wildman–Crippen LogP) is 4.55. The molecule has 0 radical (unpaired) electrons.